The van der Waals surface area contributed by atoms with Crippen molar-refractivity contribution in [2.75, 3.05) is 25.1 Å². The van der Waals surface area contributed by atoms with Crippen molar-refractivity contribution in [3.63, 3.8) is 0 Å². The fraction of sp³-hybridized carbons (Fsp3) is 0.300. The van der Waals surface area contributed by atoms with Gasteiger partial charge in [-0.25, -0.2) is 0 Å². The number of hydrogen-bond acceptors (Lipinski definition) is 3. The fourth-order valence-corrected chi connectivity index (χ4v) is 3.06. The Hall–Kier alpha value is -2.82. The van der Waals surface area contributed by atoms with Crippen LogP contribution in [-0.2, 0) is 4.79 Å². The molecule has 1 aliphatic rings. The van der Waals surface area contributed by atoms with Gasteiger partial charge in [-0.2, -0.15) is 0 Å². The second-order valence-electron chi connectivity index (χ2n) is 6.35. The van der Waals surface area contributed by atoms with E-state index in [-0.39, 0.29) is 17.7 Å². The fourth-order valence-electron chi connectivity index (χ4n) is 3.06. The van der Waals surface area contributed by atoms with Gasteiger partial charge in [-0.3, -0.25) is 9.59 Å². The number of carbonyl (C=O) groups excluding carboxylic acids is 2. The molecule has 5 heteroatoms. The Morgan fingerprint density at radius 3 is 2.68 bits per heavy atom. The van der Waals surface area contributed by atoms with Crippen LogP contribution in [0.3, 0.4) is 0 Å². The number of carbonyl (C=O) groups is 2. The van der Waals surface area contributed by atoms with Crippen molar-refractivity contribution >= 4 is 17.5 Å². The van der Waals surface area contributed by atoms with Gasteiger partial charge < -0.3 is 15.0 Å². The molecule has 1 unspecified atom stereocenters. The molecule has 0 bridgehead atoms. The van der Waals surface area contributed by atoms with Gasteiger partial charge in [0.25, 0.3) is 5.91 Å². The van der Waals surface area contributed by atoms with E-state index >= 15 is 0 Å². The number of hydrogen-bond donors (Lipinski definition) is 1. The Bertz CT molecular complexity index is 771. The molecule has 130 valence electrons. The van der Waals surface area contributed by atoms with Crippen LogP contribution < -0.4 is 15.0 Å². The van der Waals surface area contributed by atoms with E-state index in [0.717, 1.165) is 17.0 Å². The van der Waals surface area contributed by atoms with Crippen molar-refractivity contribution in [3.05, 3.63) is 59.7 Å². The van der Waals surface area contributed by atoms with Gasteiger partial charge in [0.05, 0.1) is 7.11 Å². The highest BCUT2D eigenvalue weighted by Gasteiger charge is 2.30. The van der Waals surface area contributed by atoms with Gasteiger partial charge in [-0.15, -0.1) is 0 Å². The van der Waals surface area contributed by atoms with Crippen molar-refractivity contribution in [1.82, 2.24) is 5.32 Å². The Kier molecular flexibility index (Phi) is 5.03. The average molecular weight is 338 g/mol. The largest absolute Gasteiger partial charge is 0.497 e. The van der Waals surface area contributed by atoms with Gasteiger partial charge >= 0.3 is 0 Å². The van der Waals surface area contributed by atoms with E-state index in [1.807, 2.05) is 49.4 Å². The maximum absolute atomic E-state index is 12.3. The molecule has 1 N–H and O–H groups in total. The minimum absolute atomic E-state index is 0.0833. The molecule has 1 heterocycles. The van der Waals surface area contributed by atoms with Crippen LogP contribution >= 0.6 is 0 Å². The van der Waals surface area contributed by atoms with E-state index in [9.17, 15) is 9.59 Å². The number of ether oxygens (including phenoxy) is 1. The Morgan fingerprint density at radius 2 is 2.00 bits per heavy atom. The number of anilines is 1. The van der Waals surface area contributed by atoms with E-state index in [1.54, 1.807) is 18.1 Å². The standard InChI is InChI=1S/C20H22N2O3/c1-14-4-3-5-16(10-14)20(24)21-12-15-11-19(23)22(13-15)17-6-8-18(25-2)9-7-17/h3-10,15H,11-13H2,1-2H3,(H,21,24). The molecule has 5 nitrogen and oxygen atoms in total. The summed E-state index contributed by atoms with van der Waals surface area (Å²) in [6.07, 6.45) is 0.445. The van der Waals surface area contributed by atoms with Crippen molar-refractivity contribution in [3.8, 4) is 5.75 Å². The summed E-state index contributed by atoms with van der Waals surface area (Å²) in [5.74, 6) is 0.861. The molecule has 1 atom stereocenters. The van der Waals surface area contributed by atoms with E-state index in [1.165, 1.54) is 0 Å². The number of benzene rings is 2. The highest BCUT2D eigenvalue weighted by molar-refractivity contribution is 5.96. The Balaban J connectivity index is 1.58. The van der Waals surface area contributed by atoms with Gasteiger partial charge in [0.1, 0.15) is 5.75 Å². The zero-order valence-electron chi connectivity index (χ0n) is 14.5. The summed E-state index contributed by atoms with van der Waals surface area (Å²) < 4.78 is 5.14. The molecule has 1 saturated heterocycles. The van der Waals surface area contributed by atoms with Crippen LogP contribution in [0.1, 0.15) is 22.3 Å². The monoisotopic (exact) mass is 338 g/mol. The van der Waals surface area contributed by atoms with Crippen LogP contribution in [0.5, 0.6) is 5.75 Å². The molecule has 0 spiro atoms. The van der Waals surface area contributed by atoms with E-state index in [0.29, 0.717) is 25.1 Å². The summed E-state index contributed by atoms with van der Waals surface area (Å²) in [5.41, 5.74) is 2.56. The highest BCUT2D eigenvalue weighted by atomic mass is 16.5. The molecule has 25 heavy (non-hydrogen) atoms. The molecule has 0 saturated carbocycles. The number of rotatable bonds is 5. The van der Waals surface area contributed by atoms with Crippen LogP contribution in [0.4, 0.5) is 5.69 Å². The van der Waals surface area contributed by atoms with Crippen LogP contribution in [0.15, 0.2) is 48.5 Å². The number of nitrogens with one attached hydrogen (secondary N) is 1. The molecule has 0 radical (unpaired) electrons. The highest BCUT2D eigenvalue weighted by Crippen LogP contribution is 2.26. The number of aryl methyl sites for hydroxylation is 1. The lowest BCUT2D eigenvalue weighted by atomic mass is 10.1. The third-order valence-electron chi connectivity index (χ3n) is 4.42. The van der Waals surface area contributed by atoms with Crippen LogP contribution in [0, 0.1) is 12.8 Å². The lowest BCUT2D eigenvalue weighted by molar-refractivity contribution is -0.117. The van der Waals surface area contributed by atoms with Gasteiger partial charge in [-0.1, -0.05) is 17.7 Å². The average Bonchev–Trinajstić information content (AvgIpc) is 3.00. The third kappa shape index (κ3) is 3.99. The van der Waals surface area contributed by atoms with Crippen LogP contribution in [-0.4, -0.2) is 32.0 Å². The lowest BCUT2D eigenvalue weighted by Gasteiger charge is -2.17. The SMILES string of the molecule is COc1ccc(N2CC(CNC(=O)c3cccc(C)c3)CC2=O)cc1. The molecule has 3 rings (SSSR count). The zero-order chi connectivity index (χ0) is 17.8. The summed E-state index contributed by atoms with van der Waals surface area (Å²) in [5, 5.41) is 2.94. The molecule has 0 aliphatic carbocycles. The Morgan fingerprint density at radius 1 is 1.24 bits per heavy atom. The second kappa shape index (κ2) is 7.38. The molecule has 1 fully saturated rings. The molecule has 1 aliphatic heterocycles. The first kappa shape index (κ1) is 17.0. The molecular formula is C20H22N2O3. The molecule has 2 aromatic carbocycles. The first-order valence-electron chi connectivity index (χ1n) is 8.36. The van der Waals surface area contributed by atoms with Crippen molar-refractivity contribution in [2.24, 2.45) is 5.92 Å². The maximum atomic E-state index is 12.3. The summed E-state index contributed by atoms with van der Waals surface area (Å²) in [7, 11) is 1.61. The van der Waals surface area contributed by atoms with E-state index in [4.69, 9.17) is 4.74 Å². The molecule has 2 aromatic rings. The van der Waals surface area contributed by atoms with Gasteiger partial charge in [-0.05, 0) is 43.3 Å². The smallest absolute Gasteiger partial charge is 0.251 e. The predicted molar refractivity (Wildman–Crippen MR) is 97.0 cm³/mol. The summed E-state index contributed by atoms with van der Waals surface area (Å²) in [4.78, 5) is 26.3. The minimum Gasteiger partial charge on any atom is -0.497 e. The van der Waals surface area contributed by atoms with Crippen molar-refractivity contribution in [2.45, 2.75) is 13.3 Å². The summed E-state index contributed by atoms with van der Waals surface area (Å²) in [6, 6.07) is 14.9. The van der Waals surface area contributed by atoms with Crippen molar-refractivity contribution in [1.29, 1.82) is 0 Å². The number of nitrogens with zero attached hydrogens (tertiary/aromatic N) is 1. The molecular weight excluding hydrogens is 316 g/mol. The summed E-state index contributed by atoms with van der Waals surface area (Å²) >= 11 is 0. The van der Waals surface area contributed by atoms with Crippen LogP contribution in [0.2, 0.25) is 0 Å². The molecule has 0 aromatic heterocycles. The topological polar surface area (TPSA) is 58.6 Å². The Labute approximate surface area is 147 Å². The third-order valence-corrected chi connectivity index (χ3v) is 4.42. The van der Waals surface area contributed by atoms with Gasteiger partial charge in [0.2, 0.25) is 5.91 Å². The second-order valence-corrected chi connectivity index (χ2v) is 6.35. The van der Waals surface area contributed by atoms with Gasteiger partial charge in [0.15, 0.2) is 0 Å². The lowest BCUT2D eigenvalue weighted by Crippen LogP contribution is -2.31. The zero-order valence-corrected chi connectivity index (χ0v) is 14.5. The van der Waals surface area contributed by atoms with Crippen molar-refractivity contribution < 1.29 is 14.3 Å². The number of amides is 2. The quantitative estimate of drug-likeness (QED) is 0.912. The van der Waals surface area contributed by atoms with Gasteiger partial charge in [0, 0.05) is 36.7 Å². The normalized spacial score (nSPS) is 16.8. The van der Waals surface area contributed by atoms with Crippen LogP contribution in [0.25, 0.3) is 0 Å². The first-order chi connectivity index (χ1) is 12.1. The number of methoxy groups -OCH3 is 1. The first-order valence-corrected chi connectivity index (χ1v) is 8.36. The van der Waals surface area contributed by atoms with E-state index < -0.39 is 0 Å². The van der Waals surface area contributed by atoms with E-state index in [2.05, 4.69) is 5.32 Å². The minimum atomic E-state index is -0.0981. The molecule has 2 amide bonds. The maximum Gasteiger partial charge on any atom is 0.251 e. The predicted octanol–water partition coefficient (Wildman–Crippen LogP) is 2.79. The summed E-state index contributed by atoms with van der Waals surface area (Å²) in [6.45, 7) is 3.06.